The molecule has 3 aromatic rings. The molecule has 174 valence electrons. The van der Waals surface area contributed by atoms with Crippen molar-refractivity contribution in [1.82, 2.24) is 10.2 Å². The molecule has 0 bridgehead atoms. The number of alkyl halides is 2. The maximum absolute atomic E-state index is 15.0. The highest BCUT2D eigenvalue weighted by Crippen LogP contribution is 2.36. The summed E-state index contributed by atoms with van der Waals surface area (Å²) in [6.45, 7) is -0.207. The molecular weight excluding hydrogens is 441 g/mol. The number of nitrogens with one attached hydrogen (secondary N) is 1. The van der Waals surface area contributed by atoms with Crippen molar-refractivity contribution < 1.29 is 37.0 Å². The van der Waals surface area contributed by atoms with E-state index in [9.17, 15) is 18.4 Å². The quantitative estimate of drug-likeness (QED) is 0.564. The molecule has 1 aromatic heterocycles. The minimum atomic E-state index is -2.78. The van der Waals surface area contributed by atoms with E-state index in [0.717, 1.165) is 6.07 Å². The van der Waals surface area contributed by atoms with Crippen molar-refractivity contribution in [2.24, 2.45) is 0 Å². The second-order valence-corrected chi connectivity index (χ2v) is 7.81. The van der Waals surface area contributed by atoms with Gasteiger partial charge in [0.15, 0.2) is 11.3 Å². The Hall–Kier alpha value is -3.69. The lowest BCUT2D eigenvalue weighted by molar-refractivity contribution is -0.0494. The average Bonchev–Trinajstić information content (AvgIpc) is 3.19. The van der Waals surface area contributed by atoms with Gasteiger partial charge in [0.05, 0.1) is 13.7 Å². The van der Waals surface area contributed by atoms with E-state index in [-0.39, 0.29) is 30.8 Å². The second kappa shape index (κ2) is 8.68. The first-order chi connectivity index (χ1) is 15.7. The molecular formula is C23H21F3N2O5. The molecule has 0 saturated carbocycles. The molecule has 0 aliphatic carbocycles. The summed E-state index contributed by atoms with van der Waals surface area (Å²) in [5.74, 6) is -3.23. The van der Waals surface area contributed by atoms with E-state index in [1.807, 2.05) is 0 Å². The van der Waals surface area contributed by atoms with Crippen LogP contribution in [0.25, 0.3) is 22.1 Å². The van der Waals surface area contributed by atoms with Gasteiger partial charge in [-0.1, -0.05) is 6.07 Å². The van der Waals surface area contributed by atoms with Gasteiger partial charge < -0.3 is 24.5 Å². The smallest absolute Gasteiger partial charge is 0.405 e. The molecule has 1 saturated heterocycles. The van der Waals surface area contributed by atoms with Crippen molar-refractivity contribution in [2.75, 3.05) is 20.2 Å². The van der Waals surface area contributed by atoms with Crippen LogP contribution >= 0.6 is 0 Å². The number of carboxylic acid groups (broad SMARTS) is 1. The first-order valence-corrected chi connectivity index (χ1v) is 10.2. The van der Waals surface area contributed by atoms with Gasteiger partial charge in [-0.05, 0) is 35.9 Å². The number of likely N-dealkylation sites (tertiary alicyclic amines) is 1. The molecule has 0 unspecified atom stereocenters. The second-order valence-electron chi connectivity index (χ2n) is 7.81. The number of amides is 2. The number of carbonyl (C=O) groups is 2. The molecule has 2 aromatic carbocycles. The van der Waals surface area contributed by atoms with Crippen LogP contribution in [0.2, 0.25) is 0 Å². The minimum absolute atomic E-state index is 0.0455. The zero-order valence-corrected chi connectivity index (χ0v) is 17.7. The third-order valence-electron chi connectivity index (χ3n) is 5.58. The first kappa shape index (κ1) is 22.5. The Morgan fingerprint density at radius 1 is 1.18 bits per heavy atom. The van der Waals surface area contributed by atoms with Crippen molar-refractivity contribution in [3.63, 3.8) is 0 Å². The van der Waals surface area contributed by atoms with Gasteiger partial charge in [0.25, 0.3) is 11.8 Å². The third kappa shape index (κ3) is 4.74. The number of halogens is 3. The molecule has 7 nitrogen and oxygen atoms in total. The Bertz CT molecular complexity index is 1210. The van der Waals surface area contributed by atoms with Crippen molar-refractivity contribution in [3.8, 4) is 16.9 Å². The molecule has 1 fully saturated rings. The number of fused-ring (bicyclic) bond motifs is 1. The van der Waals surface area contributed by atoms with Crippen molar-refractivity contribution in [2.45, 2.75) is 25.3 Å². The molecule has 1 aliphatic rings. The van der Waals surface area contributed by atoms with Crippen LogP contribution in [0.4, 0.5) is 18.0 Å². The Kier molecular flexibility index (Phi) is 5.92. The molecule has 0 radical (unpaired) electrons. The molecule has 2 heterocycles. The van der Waals surface area contributed by atoms with E-state index in [2.05, 4.69) is 5.32 Å². The van der Waals surface area contributed by atoms with Gasteiger partial charge in [-0.15, -0.1) is 0 Å². The predicted octanol–water partition coefficient (Wildman–Crippen LogP) is 4.89. The lowest BCUT2D eigenvalue weighted by atomic mass is 10.00. The summed E-state index contributed by atoms with van der Waals surface area (Å²) in [6, 6.07) is 8.87. The number of methoxy groups -OCH3 is 1. The first-order valence-electron chi connectivity index (χ1n) is 10.2. The van der Waals surface area contributed by atoms with E-state index in [1.165, 1.54) is 24.1 Å². The summed E-state index contributed by atoms with van der Waals surface area (Å²) in [5.41, 5.74) is 1.15. The summed E-state index contributed by atoms with van der Waals surface area (Å²) < 4.78 is 52.7. The number of hydrogen-bond donors (Lipinski definition) is 2. The van der Waals surface area contributed by atoms with Crippen LogP contribution in [0.5, 0.6) is 5.75 Å². The predicted molar refractivity (Wildman–Crippen MR) is 113 cm³/mol. The normalized spacial score (nSPS) is 15.5. The zero-order valence-electron chi connectivity index (χ0n) is 17.7. The number of rotatable bonds is 5. The van der Waals surface area contributed by atoms with Gasteiger partial charge in [0.1, 0.15) is 11.6 Å². The zero-order chi connectivity index (χ0) is 23.8. The molecule has 0 spiro atoms. The molecule has 1 aliphatic heterocycles. The fraction of sp³-hybridized carbons (Fsp3) is 0.304. The fourth-order valence-corrected chi connectivity index (χ4v) is 3.83. The van der Waals surface area contributed by atoms with Gasteiger partial charge in [-0.3, -0.25) is 4.79 Å². The van der Waals surface area contributed by atoms with E-state index >= 15 is 4.39 Å². The lowest BCUT2D eigenvalue weighted by Crippen LogP contribution is -2.42. The average molecular weight is 462 g/mol. The number of carbonyl (C=O) groups excluding carboxylic acids is 1. The van der Waals surface area contributed by atoms with Gasteiger partial charge in [-0.25, -0.2) is 18.0 Å². The summed E-state index contributed by atoms with van der Waals surface area (Å²) in [6.07, 6.45) is -2.01. The largest absolute Gasteiger partial charge is 0.493 e. The number of hydrogen-bond acceptors (Lipinski definition) is 4. The number of furan rings is 1. The van der Waals surface area contributed by atoms with Crippen molar-refractivity contribution in [3.05, 3.63) is 53.5 Å². The van der Waals surface area contributed by atoms with Gasteiger partial charge in [-0.2, -0.15) is 0 Å². The van der Waals surface area contributed by atoms with E-state index in [1.54, 1.807) is 18.2 Å². The van der Waals surface area contributed by atoms with Crippen LogP contribution in [0, 0.1) is 5.82 Å². The van der Waals surface area contributed by atoms with Gasteiger partial charge in [0, 0.05) is 42.4 Å². The SMILES string of the molecule is COc1cc(-c2ccc(C(=O)N3CCC(F)(F)CC3)cc2F)cc2cc(CNC(=O)O)oc12. The Morgan fingerprint density at radius 3 is 2.55 bits per heavy atom. The van der Waals surface area contributed by atoms with E-state index in [0.29, 0.717) is 28.0 Å². The minimum Gasteiger partial charge on any atom is -0.493 e. The molecule has 2 amide bonds. The number of piperidine rings is 1. The summed E-state index contributed by atoms with van der Waals surface area (Å²) in [5, 5.41) is 11.6. The van der Waals surface area contributed by atoms with E-state index in [4.69, 9.17) is 14.3 Å². The topological polar surface area (TPSA) is 92.0 Å². The molecule has 2 N–H and O–H groups in total. The highest BCUT2D eigenvalue weighted by Gasteiger charge is 2.35. The number of benzene rings is 2. The highest BCUT2D eigenvalue weighted by atomic mass is 19.3. The van der Waals surface area contributed by atoms with Crippen LogP contribution in [0.3, 0.4) is 0 Å². The van der Waals surface area contributed by atoms with Crippen LogP contribution in [-0.4, -0.2) is 48.1 Å². The monoisotopic (exact) mass is 462 g/mol. The standard InChI is InChI=1S/C23H21F3N2O5/c1-32-19-11-14(8-15-9-16(33-20(15)19)12-27-22(30)31)17-3-2-13(10-18(17)24)21(29)28-6-4-23(25,26)5-7-28/h2-3,8-11,27H,4-7,12H2,1H3,(H,30,31). The fourth-order valence-electron chi connectivity index (χ4n) is 3.83. The third-order valence-corrected chi connectivity index (χ3v) is 5.58. The number of nitrogens with zero attached hydrogens (tertiary/aromatic N) is 1. The molecule has 4 rings (SSSR count). The molecule has 33 heavy (non-hydrogen) atoms. The molecule has 10 heteroatoms. The summed E-state index contributed by atoms with van der Waals surface area (Å²) in [4.78, 5) is 24.7. The van der Waals surface area contributed by atoms with Crippen LogP contribution in [-0.2, 0) is 6.54 Å². The Labute approximate surface area is 186 Å². The van der Waals surface area contributed by atoms with Crippen LogP contribution in [0.1, 0.15) is 29.0 Å². The lowest BCUT2D eigenvalue weighted by Gasteiger charge is -2.31. The summed E-state index contributed by atoms with van der Waals surface area (Å²) >= 11 is 0. The van der Waals surface area contributed by atoms with Crippen LogP contribution < -0.4 is 10.1 Å². The highest BCUT2D eigenvalue weighted by molar-refractivity contribution is 5.95. The van der Waals surface area contributed by atoms with Crippen molar-refractivity contribution in [1.29, 1.82) is 0 Å². The summed E-state index contributed by atoms with van der Waals surface area (Å²) in [7, 11) is 1.43. The molecule has 0 atom stereocenters. The van der Waals surface area contributed by atoms with Crippen molar-refractivity contribution >= 4 is 23.0 Å². The number of ether oxygens (including phenoxy) is 1. The van der Waals surface area contributed by atoms with Crippen LogP contribution in [0.15, 0.2) is 40.8 Å². The maximum atomic E-state index is 15.0. The Morgan fingerprint density at radius 2 is 1.91 bits per heavy atom. The maximum Gasteiger partial charge on any atom is 0.405 e. The Balaban J connectivity index is 1.61. The van der Waals surface area contributed by atoms with E-state index < -0.39 is 36.6 Å². The van der Waals surface area contributed by atoms with Gasteiger partial charge >= 0.3 is 6.09 Å². The van der Waals surface area contributed by atoms with Gasteiger partial charge in [0.2, 0.25) is 0 Å².